The second kappa shape index (κ2) is 28.1. The summed E-state index contributed by atoms with van der Waals surface area (Å²) < 4.78 is 20.7. The lowest BCUT2D eigenvalue weighted by Gasteiger charge is -2.60. The van der Waals surface area contributed by atoms with Crippen LogP contribution in [0.5, 0.6) is 11.5 Å². The van der Waals surface area contributed by atoms with E-state index < -0.39 is 23.8 Å². The Bertz CT molecular complexity index is 2400. The van der Waals surface area contributed by atoms with Crippen molar-refractivity contribution in [1.82, 2.24) is 10.2 Å². The van der Waals surface area contributed by atoms with E-state index in [9.17, 15) is 15.0 Å². The minimum Gasteiger partial charge on any atom is -0.459 e. The highest BCUT2D eigenvalue weighted by atomic mass is 16.7. The minimum atomic E-state index is -1.42. The van der Waals surface area contributed by atoms with Crippen LogP contribution < -0.4 is 14.8 Å². The molecule has 0 spiro atoms. The number of amides is 2. The number of hydrogen-bond donors (Lipinski definition) is 3. The Morgan fingerprint density at radius 3 is 2.24 bits per heavy atom. The highest BCUT2D eigenvalue weighted by Gasteiger charge is 2.65. The lowest BCUT2D eigenvalue weighted by atomic mass is 9.55. The quantitative estimate of drug-likeness (QED) is 0.0267. The molecule has 1 aliphatic heterocycles. The number of hydrogen-bond acceptors (Lipinski definition) is 9. The summed E-state index contributed by atoms with van der Waals surface area (Å²) in [6.45, 7) is 9.96. The topological polar surface area (TPSA) is 139 Å². The molecule has 11 heteroatoms. The number of ether oxygens (including phenoxy) is 3. The van der Waals surface area contributed by atoms with Crippen LogP contribution in [-0.2, 0) is 16.2 Å². The number of carbonyl (C=O) groups is 2. The molecule has 0 saturated heterocycles. The van der Waals surface area contributed by atoms with Gasteiger partial charge in [-0.05, 0) is 103 Å². The number of benzene rings is 4. The van der Waals surface area contributed by atoms with E-state index in [0.717, 1.165) is 78.1 Å². The van der Waals surface area contributed by atoms with Crippen LogP contribution in [0.1, 0.15) is 157 Å². The summed E-state index contributed by atoms with van der Waals surface area (Å²) in [7, 11) is 0. The Hall–Kier alpha value is -5.49. The number of unbranched alkanes of at least 4 members (excludes halogenated alkanes) is 11. The molecule has 388 valence electrons. The van der Waals surface area contributed by atoms with E-state index in [4.69, 9.17) is 24.2 Å². The van der Waals surface area contributed by atoms with Crippen molar-refractivity contribution in [2.75, 3.05) is 32.9 Å². The third kappa shape index (κ3) is 13.8. The van der Waals surface area contributed by atoms with Crippen molar-refractivity contribution in [3.8, 4) is 11.5 Å². The molecular formula is C61H81N3O8. The molecule has 0 unspecified atom stereocenters. The molecule has 0 bridgehead atoms. The normalized spacial score (nSPS) is 21.5. The monoisotopic (exact) mass is 984 g/mol. The third-order valence-corrected chi connectivity index (χ3v) is 15.0. The first kappa shape index (κ1) is 54.3. The molecule has 2 aliphatic carbocycles. The molecule has 1 fully saturated rings. The number of nitrogens with one attached hydrogen (secondary N) is 1. The molecule has 72 heavy (non-hydrogen) atoms. The average molecular weight is 984 g/mol. The molecule has 2 amide bonds. The Kier molecular flexibility index (Phi) is 21.2. The maximum Gasteiger partial charge on any atom is 0.412 e. The maximum absolute atomic E-state index is 15.4. The first-order valence-electron chi connectivity index (χ1n) is 27.3. The van der Waals surface area contributed by atoms with Crippen LogP contribution in [0.25, 0.3) is 10.8 Å². The number of allylic oxidation sites excluding steroid dienone is 1. The zero-order valence-electron chi connectivity index (χ0n) is 43.1. The summed E-state index contributed by atoms with van der Waals surface area (Å²) in [6, 6.07) is 28.8. The molecule has 4 aromatic rings. The van der Waals surface area contributed by atoms with E-state index in [0.29, 0.717) is 49.4 Å². The fraction of sp³-hybridized carbons (Fsp3) is 0.525. The van der Waals surface area contributed by atoms with Crippen LogP contribution in [0.3, 0.4) is 0 Å². The molecule has 0 aromatic heterocycles. The zero-order chi connectivity index (χ0) is 50.5. The molecule has 11 nitrogen and oxygen atoms in total. The van der Waals surface area contributed by atoms with Gasteiger partial charge in [0.1, 0.15) is 24.1 Å². The van der Waals surface area contributed by atoms with Crippen LogP contribution in [0, 0.1) is 17.8 Å². The van der Waals surface area contributed by atoms with Gasteiger partial charge in [-0.2, -0.15) is 0 Å². The Balaban J connectivity index is 1.29. The largest absolute Gasteiger partial charge is 0.459 e. The zero-order valence-corrected chi connectivity index (χ0v) is 43.1. The number of carbonyl (C=O) groups excluding carboxylic acids is 2. The minimum absolute atomic E-state index is 0.0137. The first-order chi connectivity index (χ1) is 35.3. The number of aliphatic hydroxyl groups is 2. The predicted molar refractivity (Wildman–Crippen MR) is 287 cm³/mol. The number of oxime groups is 1. The van der Waals surface area contributed by atoms with Gasteiger partial charge in [-0.25, -0.2) is 4.79 Å². The molecule has 6 atom stereocenters. The molecule has 4 aromatic carbocycles. The number of aliphatic hydroxyl groups excluding tert-OH is 2. The highest BCUT2D eigenvalue weighted by molar-refractivity contribution is 6.04. The molecule has 3 aliphatic rings. The standard InChI is InChI=1S/C61H81N3O8/c1-4-7-8-9-10-11-12-13-14-22-35-62-60(68)71-50-33-34-55-53(42-50)57-51(30-21-24-38-66)48(29-20-23-37-65)41-52-54(63-70-44-45-25-16-15-17-26-45)43-56(61(72-55,58(52)57)69-39-6-3)64(36-5-2)59(67)49-32-31-46-27-18-19-28-47(46)40-49/h6,15-19,25-28,31-34,40-42,48,51,56-58,65-66H,3-5,7-14,20-24,29-30,35-39,43-44H2,1-2H3,(H,62,68)/t48-,51+,56-,57+,58+,61+/m0/s1. The van der Waals surface area contributed by atoms with Crippen LogP contribution >= 0.6 is 0 Å². The van der Waals surface area contributed by atoms with Gasteiger partial charge in [0.25, 0.3) is 5.91 Å². The van der Waals surface area contributed by atoms with Gasteiger partial charge in [-0.3, -0.25) is 4.79 Å². The van der Waals surface area contributed by atoms with Crippen LogP contribution in [0.4, 0.5) is 4.79 Å². The fourth-order valence-corrected chi connectivity index (χ4v) is 11.5. The smallest absolute Gasteiger partial charge is 0.412 e. The Morgan fingerprint density at radius 1 is 0.806 bits per heavy atom. The number of fused-ring (bicyclic) bond motifs is 3. The van der Waals surface area contributed by atoms with E-state index >= 15 is 4.79 Å². The van der Waals surface area contributed by atoms with E-state index in [1.807, 2.05) is 89.8 Å². The van der Waals surface area contributed by atoms with E-state index in [-0.39, 0.29) is 56.5 Å². The summed E-state index contributed by atoms with van der Waals surface area (Å²) in [5, 5.41) is 30.1. The molecule has 3 N–H and O–H groups in total. The van der Waals surface area contributed by atoms with E-state index in [2.05, 4.69) is 31.8 Å². The number of rotatable bonds is 30. The van der Waals surface area contributed by atoms with Gasteiger partial charge in [-0.1, -0.05) is 162 Å². The third-order valence-electron chi connectivity index (χ3n) is 15.0. The van der Waals surface area contributed by atoms with Crippen molar-refractivity contribution in [2.45, 2.75) is 154 Å². The van der Waals surface area contributed by atoms with Crippen LogP contribution in [0.15, 0.2) is 120 Å². The number of nitrogens with zero attached hydrogens (tertiary/aromatic N) is 2. The van der Waals surface area contributed by atoms with Crippen molar-refractivity contribution in [1.29, 1.82) is 0 Å². The van der Waals surface area contributed by atoms with Crippen molar-refractivity contribution in [3.63, 3.8) is 0 Å². The molecular weight excluding hydrogens is 903 g/mol. The second-order valence-electron chi connectivity index (χ2n) is 20.1. The van der Waals surface area contributed by atoms with E-state index in [1.54, 1.807) is 12.1 Å². The summed E-state index contributed by atoms with van der Waals surface area (Å²) >= 11 is 0. The molecule has 1 saturated carbocycles. The van der Waals surface area contributed by atoms with Crippen LogP contribution in [0.2, 0.25) is 0 Å². The van der Waals surface area contributed by atoms with Gasteiger partial charge < -0.3 is 39.5 Å². The second-order valence-corrected chi connectivity index (χ2v) is 20.1. The van der Waals surface area contributed by atoms with Crippen molar-refractivity contribution in [3.05, 3.63) is 132 Å². The lowest BCUT2D eigenvalue weighted by molar-refractivity contribution is -0.254. The SMILES string of the molecule is C=CCO[C@@]12Oc3ccc(OC(=O)NCCCCCCCCCCCC)cc3[C@H]3[C@H](CCCCO)[C@@H](CCCCO)C=C(C(=NOCc4ccccc4)C[C@@H]1N(CCC)C(=O)c1ccc4ccccc4c1)[C@H]32. The molecule has 7 rings (SSSR count). The molecule has 1 heterocycles. The summed E-state index contributed by atoms with van der Waals surface area (Å²) in [5.41, 5.74) is 4.10. The van der Waals surface area contributed by atoms with Gasteiger partial charge in [0.15, 0.2) is 0 Å². The Morgan fingerprint density at radius 2 is 1.51 bits per heavy atom. The summed E-state index contributed by atoms with van der Waals surface area (Å²) in [6.07, 6.45) is 21.2. The Labute approximate surface area is 429 Å². The van der Waals surface area contributed by atoms with E-state index in [1.165, 1.54) is 44.9 Å². The predicted octanol–water partition coefficient (Wildman–Crippen LogP) is 13.2. The van der Waals surface area contributed by atoms with Crippen LogP contribution in [-0.4, -0.2) is 77.6 Å². The van der Waals surface area contributed by atoms with Gasteiger partial charge in [0, 0.05) is 49.8 Å². The van der Waals surface area contributed by atoms with Crippen molar-refractivity contribution >= 4 is 28.5 Å². The van der Waals surface area contributed by atoms with Crippen molar-refractivity contribution in [2.24, 2.45) is 22.9 Å². The van der Waals surface area contributed by atoms with Crippen molar-refractivity contribution < 1.29 is 38.9 Å². The van der Waals surface area contributed by atoms with Gasteiger partial charge in [0.05, 0.1) is 18.2 Å². The summed E-state index contributed by atoms with van der Waals surface area (Å²) in [5.74, 6) is -1.26. The highest BCUT2D eigenvalue weighted by Crippen LogP contribution is 2.62. The average Bonchev–Trinajstić information content (AvgIpc) is 3.40. The first-order valence-corrected chi connectivity index (χ1v) is 27.3. The van der Waals surface area contributed by atoms with Gasteiger partial charge in [-0.15, -0.1) is 6.58 Å². The lowest BCUT2D eigenvalue weighted by Crippen LogP contribution is -2.70. The summed E-state index contributed by atoms with van der Waals surface area (Å²) in [4.78, 5) is 37.0. The van der Waals surface area contributed by atoms with Gasteiger partial charge in [0.2, 0.25) is 5.79 Å². The van der Waals surface area contributed by atoms with Gasteiger partial charge >= 0.3 is 6.09 Å². The molecule has 0 radical (unpaired) electrons. The maximum atomic E-state index is 15.4. The fourth-order valence-electron chi connectivity index (χ4n) is 11.5.